The first-order chi connectivity index (χ1) is 12.1. The Morgan fingerprint density at radius 3 is 2.92 bits per heavy atom. The molecule has 0 saturated heterocycles. The maximum absolute atomic E-state index is 12.2. The average molecular weight is 340 g/mol. The number of nitrogens with one attached hydrogen (secondary N) is 2. The Labute approximate surface area is 148 Å². The fourth-order valence-corrected chi connectivity index (χ4v) is 3.39. The fraction of sp³-hybridized carbons (Fsp3) is 0.350. The Hall–Kier alpha value is -2.37. The van der Waals surface area contributed by atoms with E-state index < -0.39 is 5.60 Å². The van der Waals surface area contributed by atoms with Crippen LogP contribution in [0.4, 0.5) is 10.5 Å². The van der Waals surface area contributed by atoms with Crippen LogP contribution in [0.15, 0.2) is 48.5 Å². The lowest BCUT2D eigenvalue weighted by atomic mass is 9.79. The van der Waals surface area contributed by atoms with Gasteiger partial charge in [0, 0.05) is 12.8 Å². The Balaban J connectivity index is 1.62. The minimum Gasteiger partial charge on any atom is -0.383 e. The number of carbonyl (C=O) groups excluding carboxylic acids is 1. The molecule has 132 valence electrons. The quantitative estimate of drug-likeness (QED) is 0.783. The molecule has 0 aromatic heterocycles. The number of urea groups is 1. The van der Waals surface area contributed by atoms with Crippen LogP contribution in [0, 0.1) is 0 Å². The zero-order chi connectivity index (χ0) is 17.7. The summed E-state index contributed by atoms with van der Waals surface area (Å²) < 4.78 is 5.10. The van der Waals surface area contributed by atoms with Crippen LogP contribution in [0.2, 0.25) is 0 Å². The number of hydrogen-bond acceptors (Lipinski definition) is 3. The first kappa shape index (κ1) is 17.5. The van der Waals surface area contributed by atoms with Crippen molar-refractivity contribution in [3.05, 3.63) is 65.2 Å². The topological polar surface area (TPSA) is 70.6 Å². The molecular formula is C20H24N2O3. The van der Waals surface area contributed by atoms with Gasteiger partial charge in [0.2, 0.25) is 0 Å². The summed E-state index contributed by atoms with van der Waals surface area (Å²) in [6.07, 6.45) is 2.53. The lowest BCUT2D eigenvalue weighted by Gasteiger charge is -2.34. The molecular weight excluding hydrogens is 316 g/mol. The van der Waals surface area contributed by atoms with Crippen molar-refractivity contribution in [2.24, 2.45) is 0 Å². The van der Waals surface area contributed by atoms with Gasteiger partial charge in [-0.3, -0.25) is 0 Å². The predicted molar refractivity (Wildman–Crippen MR) is 97.5 cm³/mol. The van der Waals surface area contributed by atoms with Crippen LogP contribution in [0.25, 0.3) is 0 Å². The highest BCUT2D eigenvalue weighted by Gasteiger charge is 2.34. The first-order valence-corrected chi connectivity index (χ1v) is 8.54. The van der Waals surface area contributed by atoms with Gasteiger partial charge in [0.25, 0.3) is 0 Å². The van der Waals surface area contributed by atoms with E-state index in [9.17, 15) is 9.90 Å². The normalized spacial score (nSPS) is 19.1. The molecule has 1 unspecified atom stereocenters. The number of methoxy groups -OCH3 is 1. The van der Waals surface area contributed by atoms with E-state index in [2.05, 4.69) is 10.6 Å². The minimum atomic E-state index is -1.01. The summed E-state index contributed by atoms with van der Waals surface area (Å²) in [4.78, 5) is 12.2. The van der Waals surface area contributed by atoms with Crippen molar-refractivity contribution < 1.29 is 14.6 Å². The molecule has 3 N–H and O–H groups in total. The van der Waals surface area contributed by atoms with Crippen LogP contribution < -0.4 is 10.6 Å². The number of ether oxygens (including phenoxy) is 1. The lowest BCUT2D eigenvalue weighted by molar-refractivity contribution is 0.0221. The molecule has 0 fully saturated rings. The predicted octanol–water partition coefficient (Wildman–Crippen LogP) is 3.18. The molecule has 3 rings (SSSR count). The molecule has 0 saturated carbocycles. The number of rotatable bonds is 5. The summed E-state index contributed by atoms with van der Waals surface area (Å²) >= 11 is 0. The summed E-state index contributed by atoms with van der Waals surface area (Å²) in [5.74, 6) is 0. The molecule has 2 aromatic rings. The second kappa shape index (κ2) is 7.68. The van der Waals surface area contributed by atoms with Gasteiger partial charge in [0.15, 0.2) is 0 Å². The second-order valence-electron chi connectivity index (χ2n) is 6.48. The van der Waals surface area contributed by atoms with E-state index in [0.29, 0.717) is 18.7 Å². The Morgan fingerprint density at radius 2 is 2.08 bits per heavy atom. The van der Waals surface area contributed by atoms with Crippen LogP contribution in [0.5, 0.6) is 0 Å². The molecule has 0 aliphatic heterocycles. The molecule has 0 radical (unpaired) electrons. The lowest BCUT2D eigenvalue weighted by Crippen LogP contribution is -2.44. The molecule has 1 aliphatic carbocycles. The number of aryl methyl sites for hydroxylation is 1. The third-order valence-electron chi connectivity index (χ3n) is 4.59. The van der Waals surface area contributed by atoms with Crippen molar-refractivity contribution in [3.8, 4) is 0 Å². The van der Waals surface area contributed by atoms with Crippen LogP contribution in [-0.4, -0.2) is 24.8 Å². The SMILES string of the molecule is COCc1cccc(NC(=O)NCC2(O)CCCc3ccccc32)c1. The molecule has 2 amide bonds. The first-order valence-electron chi connectivity index (χ1n) is 8.54. The summed E-state index contributed by atoms with van der Waals surface area (Å²) in [6, 6.07) is 15.1. The van der Waals surface area contributed by atoms with E-state index in [1.165, 1.54) is 0 Å². The van der Waals surface area contributed by atoms with E-state index in [1.807, 2.05) is 48.5 Å². The zero-order valence-electron chi connectivity index (χ0n) is 14.4. The summed E-state index contributed by atoms with van der Waals surface area (Å²) in [5, 5.41) is 16.6. The average Bonchev–Trinajstić information content (AvgIpc) is 2.61. The molecule has 0 heterocycles. The van der Waals surface area contributed by atoms with Crippen molar-refractivity contribution in [2.45, 2.75) is 31.5 Å². The van der Waals surface area contributed by atoms with Crippen molar-refractivity contribution in [3.63, 3.8) is 0 Å². The van der Waals surface area contributed by atoms with E-state index in [-0.39, 0.29) is 12.6 Å². The minimum absolute atomic E-state index is 0.188. The van der Waals surface area contributed by atoms with Gasteiger partial charge >= 0.3 is 6.03 Å². The maximum Gasteiger partial charge on any atom is 0.319 e. The van der Waals surface area contributed by atoms with E-state index in [4.69, 9.17) is 4.74 Å². The summed E-state index contributed by atoms with van der Waals surface area (Å²) in [5.41, 5.74) is 2.75. The fourth-order valence-electron chi connectivity index (χ4n) is 3.39. The highest BCUT2D eigenvalue weighted by Crippen LogP contribution is 2.34. The number of carbonyl (C=O) groups is 1. The Bertz CT molecular complexity index is 747. The number of benzene rings is 2. The van der Waals surface area contributed by atoms with Crippen LogP contribution in [0.1, 0.15) is 29.5 Å². The van der Waals surface area contributed by atoms with Crippen LogP contribution in [0.3, 0.4) is 0 Å². The van der Waals surface area contributed by atoms with Gasteiger partial charge in [-0.15, -0.1) is 0 Å². The molecule has 1 atom stereocenters. The van der Waals surface area contributed by atoms with Crippen molar-refractivity contribution in [2.75, 3.05) is 19.0 Å². The van der Waals surface area contributed by atoms with Crippen molar-refractivity contribution in [1.29, 1.82) is 0 Å². The molecule has 25 heavy (non-hydrogen) atoms. The number of fused-ring (bicyclic) bond motifs is 1. The molecule has 0 spiro atoms. The maximum atomic E-state index is 12.2. The molecule has 2 aromatic carbocycles. The number of anilines is 1. The number of hydrogen-bond donors (Lipinski definition) is 3. The number of aliphatic hydroxyl groups is 1. The van der Waals surface area contributed by atoms with Crippen molar-refractivity contribution >= 4 is 11.7 Å². The van der Waals surface area contributed by atoms with Gasteiger partial charge < -0.3 is 20.5 Å². The largest absolute Gasteiger partial charge is 0.383 e. The standard InChI is InChI=1S/C20H24N2O3/c1-25-13-15-6-4-9-17(12-15)22-19(23)21-14-20(24)11-5-8-16-7-2-3-10-18(16)20/h2-4,6-7,9-10,12,24H,5,8,11,13-14H2,1H3,(H2,21,22,23). The van der Waals surface area contributed by atoms with E-state index >= 15 is 0 Å². The highest BCUT2D eigenvalue weighted by atomic mass is 16.5. The van der Waals surface area contributed by atoms with E-state index in [1.54, 1.807) is 7.11 Å². The summed E-state index contributed by atoms with van der Waals surface area (Å²) in [6.45, 7) is 0.682. The van der Waals surface area contributed by atoms with Gasteiger partial charge in [0.05, 0.1) is 13.2 Å². The van der Waals surface area contributed by atoms with Crippen LogP contribution >= 0.6 is 0 Å². The van der Waals surface area contributed by atoms with Gasteiger partial charge in [-0.1, -0.05) is 36.4 Å². The highest BCUT2D eigenvalue weighted by molar-refractivity contribution is 5.89. The molecule has 5 nitrogen and oxygen atoms in total. The molecule has 1 aliphatic rings. The summed E-state index contributed by atoms with van der Waals surface area (Å²) in [7, 11) is 1.63. The monoisotopic (exact) mass is 340 g/mol. The van der Waals surface area contributed by atoms with E-state index in [0.717, 1.165) is 29.5 Å². The van der Waals surface area contributed by atoms with Gasteiger partial charge in [-0.25, -0.2) is 4.79 Å². The molecule has 0 bridgehead atoms. The van der Waals surface area contributed by atoms with Gasteiger partial charge in [-0.2, -0.15) is 0 Å². The molecule has 5 heteroatoms. The third-order valence-corrected chi connectivity index (χ3v) is 4.59. The van der Waals surface area contributed by atoms with Crippen molar-refractivity contribution in [1.82, 2.24) is 5.32 Å². The third kappa shape index (κ3) is 4.18. The van der Waals surface area contributed by atoms with Gasteiger partial charge in [-0.05, 0) is 48.1 Å². The zero-order valence-corrected chi connectivity index (χ0v) is 14.4. The smallest absolute Gasteiger partial charge is 0.319 e. The second-order valence-corrected chi connectivity index (χ2v) is 6.48. The van der Waals surface area contributed by atoms with Gasteiger partial charge in [0.1, 0.15) is 5.60 Å². The van der Waals surface area contributed by atoms with Crippen LogP contribution in [-0.2, 0) is 23.4 Å². The number of amides is 2. The Kier molecular flexibility index (Phi) is 5.36. The Morgan fingerprint density at radius 1 is 1.24 bits per heavy atom.